The van der Waals surface area contributed by atoms with Crippen LogP contribution in [0.3, 0.4) is 0 Å². The molecule has 5 heteroatoms. The summed E-state index contributed by atoms with van der Waals surface area (Å²) in [5, 5.41) is 8.59. The number of hydrogen-bond acceptors (Lipinski definition) is 4. The summed E-state index contributed by atoms with van der Waals surface area (Å²) in [6.07, 6.45) is -0.0953. The number of aliphatic carboxylic acids is 1. The van der Waals surface area contributed by atoms with Crippen LogP contribution in [0.15, 0.2) is 22.8 Å². The van der Waals surface area contributed by atoms with Crippen LogP contribution in [0, 0.1) is 0 Å². The predicted octanol–water partition coefficient (Wildman–Crippen LogP) is 0.778. The Morgan fingerprint density at radius 2 is 2.46 bits per heavy atom. The number of carboxylic acid groups (broad SMARTS) is 1. The Hall–Kier alpha value is -1.33. The maximum Gasteiger partial charge on any atom is 0.335 e. The molecule has 1 saturated heterocycles. The molecule has 1 aliphatic rings. The number of carbonyl (C=O) groups is 1. The van der Waals surface area contributed by atoms with Crippen molar-refractivity contribution < 1.29 is 23.8 Å². The number of rotatable bonds is 2. The largest absolute Gasteiger partial charge is 0.479 e. The van der Waals surface area contributed by atoms with E-state index in [-0.39, 0.29) is 6.61 Å². The summed E-state index contributed by atoms with van der Waals surface area (Å²) in [6.45, 7) is 0.0562. The average Bonchev–Trinajstić information content (AvgIpc) is 2.75. The highest BCUT2D eigenvalue weighted by Gasteiger charge is 2.33. The van der Waals surface area contributed by atoms with Crippen LogP contribution in [-0.4, -0.2) is 23.8 Å². The molecular formula is C8H8O5. The first-order chi connectivity index (χ1) is 6.27. The van der Waals surface area contributed by atoms with Gasteiger partial charge in [0.2, 0.25) is 6.29 Å². The highest BCUT2D eigenvalue weighted by atomic mass is 16.7. The van der Waals surface area contributed by atoms with E-state index in [1.54, 1.807) is 12.1 Å². The lowest BCUT2D eigenvalue weighted by Crippen LogP contribution is -2.21. The van der Waals surface area contributed by atoms with Crippen molar-refractivity contribution in [2.24, 2.45) is 0 Å². The van der Waals surface area contributed by atoms with Crippen molar-refractivity contribution in [2.75, 3.05) is 6.61 Å². The Labute approximate surface area is 73.9 Å². The van der Waals surface area contributed by atoms with Gasteiger partial charge < -0.3 is 19.0 Å². The van der Waals surface area contributed by atoms with Crippen LogP contribution >= 0.6 is 0 Å². The van der Waals surface area contributed by atoms with E-state index in [0.717, 1.165) is 0 Å². The van der Waals surface area contributed by atoms with Crippen molar-refractivity contribution in [3.8, 4) is 0 Å². The minimum Gasteiger partial charge on any atom is -0.479 e. The second kappa shape index (κ2) is 3.20. The monoisotopic (exact) mass is 184 g/mol. The maximum absolute atomic E-state index is 10.5. The summed E-state index contributed by atoms with van der Waals surface area (Å²) >= 11 is 0. The molecule has 0 saturated carbocycles. The first-order valence-corrected chi connectivity index (χ1v) is 3.80. The summed E-state index contributed by atoms with van der Waals surface area (Å²) in [5.74, 6) is -0.530. The summed E-state index contributed by atoms with van der Waals surface area (Å²) in [5.41, 5.74) is 0. The van der Waals surface area contributed by atoms with Crippen LogP contribution in [0.4, 0.5) is 0 Å². The fraction of sp³-hybridized carbons (Fsp3) is 0.375. The summed E-state index contributed by atoms with van der Waals surface area (Å²) in [4.78, 5) is 10.5. The molecule has 0 radical (unpaired) electrons. The van der Waals surface area contributed by atoms with E-state index in [1.165, 1.54) is 6.26 Å². The van der Waals surface area contributed by atoms with Crippen LogP contribution < -0.4 is 0 Å². The SMILES string of the molecule is O=C(O)C1COC(c2ccco2)O1. The molecule has 0 bridgehead atoms. The standard InChI is InChI=1S/C8H8O5/c9-7(10)6-4-12-8(13-6)5-2-1-3-11-5/h1-3,6,8H,4H2,(H,9,10). The van der Waals surface area contributed by atoms with E-state index in [1.807, 2.05) is 0 Å². The molecule has 1 N–H and O–H groups in total. The quantitative estimate of drug-likeness (QED) is 0.735. The van der Waals surface area contributed by atoms with E-state index in [9.17, 15) is 4.79 Å². The molecule has 0 aromatic carbocycles. The molecule has 13 heavy (non-hydrogen) atoms. The Morgan fingerprint density at radius 3 is 3.00 bits per heavy atom. The Morgan fingerprint density at radius 1 is 1.62 bits per heavy atom. The minimum atomic E-state index is -1.02. The molecule has 1 aromatic rings. The molecule has 1 aromatic heterocycles. The highest BCUT2D eigenvalue weighted by molar-refractivity contribution is 5.72. The Bertz CT molecular complexity index is 291. The number of ether oxygens (including phenoxy) is 2. The van der Waals surface area contributed by atoms with Gasteiger partial charge in [0.05, 0.1) is 12.9 Å². The van der Waals surface area contributed by atoms with E-state index in [2.05, 4.69) is 0 Å². The third-order valence-corrected chi connectivity index (χ3v) is 1.74. The fourth-order valence-electron chi connectivity index (χ4n) is 1.11. The Balaban J connectivity index is 2.03. The van der Waals surface area contributed by atoms with Gasteiger partial charge in [-0.3, -0.25) is 0 Å². The van der Waals surface area contributed by atoms with Gasteiger partial charge in [0.1, 0.15) is 0 Å². The van der Waals surface area contributed by atoms with Gasteiger partial charge in [0.25, 0.3) is 0 Å². The van der Waals surface area contributed by atoms with Crippen LogP contribution in [0.2, 0.25) is 0 Å². The number of carboxylic acids is 1. The van der Waals surface area contributed by atoms with Gasteiger partial charge in [-0.1, -0.05) is 0 Å². The highest BCUT2D eigenvalue weighted by Crippen LogP contribution is 2.26. The van der Waals surface area contributed by atoms with E-state index < -0.39 is 18.4 Å². The number of hydrogen-bond donors (Lipinski definition) is 1. The molecule has 0 spiro atoms. The molecule has 5 nitrogen and oxygen atoms in total. The van der Waals surface area contributed by atoms with Gasteiger partial charge in [-0.05, 0) is 12.1 Å². The molecule has 1 aliphatic heterocycles. The lowest BCUT2D eigenvalue weighted by atomic mass is 10.4. The molecule has 1 fully saturated rings. The summed E-state index contributed by atoms with van der Waals surface area (Å²) in [6, 6.07) is 3.37. The van der Waals surface area contributed by atoms with Crippen LogP contribution in [0.25, 0.3) is 0 Å². The van der Waals surface area contributed by atoms with E-state index >= 15 is 0 Å². The maximum atomic E-state index is 10.5. The van der Waals surface area contributed by atoms with Crippen LogP contribution in [-0.2, 0) is 14.3 Å². The lowest BCUT2D eigenvalue weighted by Gasteiger charge is -2.05. The predicted molar refractivity (Wildman–Crippen MR) is 39.9 cm³/mol. The van der Waals surface area contributed by atoms with E-state index in [0.29, 0.717) is 5.76 Å². The van der Waals surface area contributed by atoms with Crippen molar-refractivity contribution in [1.82, 2.24) is 0 Å². The average molecular weight is 184 g/mol. The first kappa shape index (κ1) is 8.28. The molecule has 2 atom stereocenters. The van der Waals surface area contributed by atoms with Crippen molar-refractivity contribution >= 4 is 5.97 Å². The molecule has 2 rings (SSSR count). The zero-order valence-corrected chi connectivity index (χ0v) is 6.67. The van der Waals surface area contributed by atoms with Gasteiger partial charge >= 0.3 is 5.97 Å². The zero-order valence-electron chi connectivity index (χ0n) is 6.67. The first-order valence-electron chi connectivity index (χ1n) is 3.80. The van der Waals surface area contributed by atoms with Crippen LogP contribution in [0.1, 0.15) is 12.1 Å². The van der Waals surface area contributed by atoms with Gasteiger partial charge in [-0.25, -0.2) is 4.79 Å². The minimum absolute atomic E-state index is 0.0562. The Kier molecular flexibility index (Phi) is 2.03. The summed E-state index contributed by atoms with van der Waals surface area (Å²) < 4.78 is 15.1. The molecule has 0 aliphatic carbocycles. The number of furan rings is 1. The fourth-order valence-corrected chi connectivity index (χ4v) is 1.11. The smallest absolute Gasteiger partial charge is 0.335 e. The van der Waals surface area contributed by atoms with Crippen molar-refractivity contribution in [2.45, 2.75) is 12.4 Å². The van der Waals surface area contributed by atoms with Gasteiger partial charge in [0, 0.05) is 0 Å². The van der Waals surface area contributed by atoms with Gasteiger partial charge in [-0.15, -0.1) is 0 Å². The van der Waals surface area contributed by atoms with Crippen LogP contribution in [0.5, 0.6) is 0 Å². The molecular weight excluding hydrogens is 176 g/mol. The van der Waals surface area contributed by atoms with Crippen molar-refractivity contribution in [1.29, 1.82) is 0 Å². The second-order valence-electron chi connectivity index (χ2n) is 2.64. The van der Waals surface area contributed by atoms with Gasteiger partial charge in [0.15, 0.2) is 11.9 Å². The van der Waals surface area contributed by atoms with Gasteiger partial charge in [-0.2, -0.15) is 0 Å². The normalized spacial score (nSPS) is 27.7. The van der Waals surface area contributed by atoms with E-state index in [4.69, 9.17) is 19.0 Å². The summed E-state index contributed by atoms with van der Waals surface area (Å²) in [7, 11) is 0. The molecule has 2 unspecified atom stereocenters. The lowest BCUT2D eigenvalue weighted by molar-refractivity contribution is -0.151. The van der Waals surface area contributed by atoms with Crippen molar-refractivity contribution in [3.05, 3.63) is 24.2 Å². The zero-order chi connectivity index (χ0) is 9.26. The molecule has 0 amide bonds. The molecule has 2 heterocycles. The second-order valence-corrected chi connectivity index (χ2v) is 2.64. The van der Waals surface area contributed by atoms with Crippen molar-refractivity contribution in [3.63, 3.8) is 0 Å². The third-order valence-electron chi connectivity index (χ3n) is 1.74. The molecule has 70 valence electrons. The third kappa shape index (κ3) is 1.56. The topological polar surface area (TPSA) is 68.9 Å².